The number of carbonyl (C=O) groups excluding carboxylic acids is 1. The Hall–Kier alpha value is -1.55. The van der Waals surface area contributed by atoms with E-state index in [0.717, 1.165) is 30.0 Å². The smallest absolute Gasteiger partial charge is 0.270 e. The fourth-order valence-corrected chi connectivity index (χ4v) is 3.42. The molecule has 0 aliphatic carbocycles. The van der Waals surface area contributed by atoms with Gasteiger partial charge in [-0.15, -0.1) is 11.3 Å². The molecule has 0 atom stereocenters. The van der Waals surface area contributed by atoms with E-state index in [1.165, 1.54) is 12.1 Å². The van der Waals surface area contributed by atoms with Crippen molar-refractivity contribution in [2.75, 3.05) is 6.54 Å². The van der Waals surface area contributed by atoms with E-state index in [-0.39, 0.29) is 11.6 Å². The molecule has 1 aromatic carbocycles. The summed E-state index contributed by atoms with van der Waals surface area (Å²) in [6, 6.07) is 4.29. The zero-order valence-corrected chi connectivity index (χ0v) is 15.5. The van der Waals surface area contributed by atoms with Gasteiger partial charge in [-0.3, -0.25) is 14.9 Å². The van der Waals surface area contributed by atoms with Crippen molar-refractivity contribution in [2.24, 2.45) is 0 Å². The third-order valence-corrected chi connectivity index (χ3v) is 5.14. The zero-order valence-electron chi connectivity index (χ0n) is 12.5. The number of hydrogen-bond acceptors (Lipinski definition) is 5. The van der Waals surface area contributed by atoms with Crippen LogP contribution < -0.4 is 5.32 Å². The summed E-state index contributed by atoms with van der Waals surface area (Å²) in [6.45, 7) is 2.52. The maximum atomic E-state index is 12.1. The molecule has 0 aliphatic heterocycles. The molecule has 0 spiro atoms. The number of rotatable bonds is 7. The summed E-state index contributed by atoms with van der Waals surface area (Å²) < 4.78 is 0.698. The van der Waals surface area contributed by atoms with Crippen molar-refractivity contribution in [1.29, 1.82) is 0 Å². The van der Waals surface area contributed by atoms with Crippen LogP contribution >= 0.6 is 33.9 Å². The average molecular weight is 445 g/mol. The van der Waals surface area contributed by atoms with Gasteiger partial charge < -0.3 is 5.32 Å². The topological polar surface area (TPSA) is 85.1 Å². The lowest BCUT2D eigenvalue weighted by Crippen LogP contribution is -2.25. The zero-order chi connectivity index (χ0) is 16.8. The molecule has 1 aromatic heterocycles. The van der Waals surface area contributed by atoms with E-state index in [1.54, 1.807) is 17.4 Å². The number of amides is 1. The standard InChI is InChI=1S/C15H16IN3O3S/c1-10-9-23-14(18-10)4-2-3-7-17-15(20)12-8-11(19(21)22)5-6-13(12)16/h5-6,8-9H,2-4,7H2,1H3,(H,17,20). The van der Waals surface area contributed by atoms with E-state index in [4.69, 9.17) is 0 Å². The number of hydrogen-bond donors (Lipinski definition) is 1. The minimum absolute atomic E-state index is 0.0743. The van der Waals surface area contributed by atoms with Gasteiger partial charge in [0.25, 0.3) is 11.6 Å². The molecule has 1 N–H and O–H groups in total. The fraction of sp³-hybridized carbons (Fsp3) is 0.333. The first-order valence-corrected chi connectivity index (χ1v) is 9.06. The van der Waals surface area contributed by atoms with Crippen LogP contribution in [-0.2, 0) is 6.42 Å². The Kier molecular flexibility index (Phi) is 6.46. The van der Waals surface area contributed by atoms with Crippen LogP contribution in [0.15, 0.2) is 23.6 Å². The highest BCUT2D eigenvalue weighted by Gasteiger charge is 2.15. The van der Waals surface area contributed by atoms with Crippen molar-refractivity contribution in [3.05, 3.63) is 53.5 Å². The van der Waals surface area contributed by atoms with Crippen LogP contribution in [0.2, 0.25) is 0 Å². The van der Waals surface area contributed by atoms with Gasteiger partial charge in [-0.1, -0.05) is 0 Å². The average Bonchev–Trinajstić information content (AvgIpc) is 2.92. The first-order valence-electron chi connectivity index (χ1n) is 7.10. The maximum absolute atomic E-state index is 12.1. The minimum atomic E-state index is -0.497. The number of thiazole rings is 1. The molecular weight excluding hydrogens is 429 g/mol. The predicted octanol–water partition coefficient (Wildman–Crippen LogP) is 3.72. The first kappa shape index (κ1) is 17.8. The van der Waals surface area contributed by atoms with Gasteiger partial charge in [0.15, 0.2) is 0 Å². The molecule has 2 aromatic rings. The second-order valence-corrected chi connectivity index (χ2v) is 7.12. The van der Waals surface area contributed by atoms with Gasteiger partial charge in [0.1, 0.15) is 0 Å². The molecule has 0 bridgehead atoms. The van der Waals surface area contributed by atoms with Gasteiger partial charge in [-0.25, -0.2) is 4.98 Å². The van der Waals surface area contributed by atoms with Crippen molar-refractivity contribution >= 4 is 45.5 Å². The molecule has 1 amide bonds. The van der Waals surface area contributed by atoms with Crippen molar-refractivity contribution in [3.8, 4) is 0 Å². The number of nitro groups is 1. The van der Waals surface area contributed by atoms with Crippen molar-refractivity contribution < 1.29 is 9.72 Å². The molecule has 122 valence electrons. The quantitative estimate of drug-likeness (QED) is 0.305. The third-order valence-electron chi connectivity index (χ3n) is 3.17. The summed E-state index contributed by atoms with van der Waals surface area (Å²) in [6.07, 6.45) is 2.69. The number of halogens is 1. The van der Waals surface area contributed by atoms with Gasteiger partial charge in [0, 0.05) is 33.3 Å². The van der Waals surface area contributed by atoms with E-state index < -0.39 is 4.92 Å². The number of benzene rings is 1. The normalized spacial score (nSPS) is 10.5. The van der Waals surface area contributed by atoms with Crippen LogP contribution in [0.5, 0.6) is 0 Å². The predicted molar refractivity (Wildman–Crippen MR) is 97.9 cm³/mol. The highest BCUT2D eigenvalue weighted by Crippen LogP contribution is 2.19. The fourth-order valence-electron chi connectivity index (χ4n) is 2.02. The number of nitrogens with zero attached hydrogens (tertiary/aromatic N) is 2. The van der Waals surface area contributed by atoms with Gasteiger partial charge in [0.2, 0.25) is 0 Å². The van der Waals surface area contributed by atoms with Gasteiger partial charge in [-0.2, -0.15) is 0 Å². The number of nitro benzene ring substituents is 1. The van der Waals surface area contributed by atoms with Crippen molar-refractivity contribution in [3.63, 3.8) is 0 Å². The highest BCUT2D eigenvalue weighted by molar-refractivity contribution is 14.1. The second-order valence-electron chi connectivity index (χ2n) is 5.02. The molecule has 23 heavy (non-hydrogen) atoms. The summed E-state index contributed by atoms with van der Waals surface area (Å²) in [7, 11) is 0. The molecule has 0 fully saturated rings. The highest BCUT2D eigenvalue weighted by atomic mass is 127. The minimum Gasteiger partial charge on any atom is -0.352 e. The van der Waals surface area contributed by atoms with Gasteiger partial charge >= 0.3 is 0 Å². The Balaban J connectivity index is 1.80. The Labute approximate surface area is 151 Å². The first-order chi connectivity index (χ1) is 11.0. The van der Waals surface area contributed by atoms with Crippen LogP contribution in [0.3, 0.4) is 0 Å². The molecule has 0 saturated heterocycles. The molecule has 0 saturated carbocycles. The maximum Gasteiger partial charge on any atom is 0.270 e. The summed E-state index contributed by atoms with van der Waals surface area (Å²) in [5, 5.41) is 16.7. The Morgan fingerprint density at radius 2 is 2.22 bits per heavy atom. The van der Waals surface area contributed by atoms with Crippen molar-refractivity contribution in [1.82, 2.24) is 10.3 Å². The number of nitrogens with one attached hydrogen (secondary N) is 1. The number of unbranched alkanes of at least 4 members (excludes halogenated alkanes) is 1. The SMILES string of the molecule is Cc1csc(CCCCNC(=O)c2cc([N+](=O)[O-])ccc2I)n1. The van der Waals surface area contributed by atoms with Crippen LogP contribution in [0.1, 0.15) is 33.9 Å². The van der Waals surface area contributed by atoms with E-state index in [9.17, 15) is 14.9 Å². The van der Waals surface area contributed by atoms with Crippen molar-refractivity contribution in [2.45, 2.75) is 26.2 Å². The van der Waals surface area contributed by atoms with Crippen LogP contribution in [0.25, 0.3) is 0 Å². The van der Waals surface area contributed by atoms with Gasteiger partial charge in [-0.05, 0) is 54.8 Å². The van der Waals surface area contributed by atoms with E-state index >= 15 is 0 Å². The van der Waals surface area contributed by atoms with Crippen LogP contribution in [0, 0.1) is 20.6 Å². The number of carbonyl (C=O) groups is 1. The van der Waals surface area contributed by atoms with Gasteiger partial charge in [0.05, 0.1) is 15.5 Å². The molecule has 2 rings (SSSR count). The Morgan fingerprint density at radius 3 is 2.87 bits per heavy atom. The summed E-state index contributed by atoms with van der Waals surface area (Å²) >= 11 is 3.66. The Morgan fingerprint density at radius 1 is 1.43 bits per heavy atom. The number of non-ortho nitro benzene ring substituents is 1. The van der Waals surface area contributed by atoms with E-state index in [0.29, 0.717) is 15.7 Å². The summed E-state index contributed by atoms with van der Waals surface area (Å²) in [5.74, 6) is -0.275. The lowest BCUT2D eigenvalue weighted by molar-refractivity contribution is -0.384. The number of aryl methyl sites for hydroxylation is 2. The molecule has 0 unspecified atom stereocenters. The molecule has 0 aliphatic rings. The lowest BCUT2D eigenvalue weighted by Gasteiger charge is -2.06. The second kappa shape index (κ2) is 8.34. The molecule has 0 radical (unpaired) electrons. The number of aromatic nitrogens is 1. The molecular formula is C15H16IN3O3S. The Bertz CT molecular complexity index is 718. The summed E-state index contributed by atoms with van der Waals surface area (Å²) in [4.78, 5) is 26.8. The molecule has 1 heterocycles. The third kappa shape index (κ3) is 5.24. The van der Waals surface area contributed by atoms with Crippen LogP contribution in [-0.4, -0.2) is 22.4 Å². The monoisotopic (exact) mass is 445 g/mol. The van der Waals surface area contributed by atoms with E-state index in [2.05, 4.69) is 10.3 Å². The lowest BCUT2D eigenvalue weighted by atomic mass is 10.2. The molecule has 8 heteroatoms. The molecule has 6 nitrogen and oxygen atoms in total. The summed E-state index contributed by atoms with van der Waals surface area (Å²) in [5.41, 5.74) is 1.31. The van der Waals surface area contributed by atoms with Crippen LogP contribution in [0.4, 0.5) is 5.69 Å². The van der Waals surface area contributed by atoms with E-state index in [1.807, 2.05) is 34.9 Å². The largest absolute Gasteiger partial charge is 0.352 e.